The monoisotopic (exact) mass is 351 g/mol. The van der Waals surface area contributed by atoms with E-state index in [0.717, 1.165) is 11.3 Å². The summed E-state index contributed by atoms with van der Waals surface area (Å²) in [5, 5.41) is 3.10. The van der Waals surface area contributed by atoms with Crippen molar-refractivity contribution >= 4 is 23.1 Å². The summed E-state index contributed by atoms with van der Waals surface area (Å²) >= 11 is 0. The minimum absolute atomic E-state index is 0.102. The number of halogens is 1. The second-order valence-electron chi connectivity index (χ2n) is 6.28. The zero-order valence-electron chi connectivity index (χ0n) is 14.2. The maximum absolute atomic E-state index is 14.2. The summed E-state index contributed by atoms with van der Waals surface area (Å²) in [5.74, 6) is -0.121. The summed E-state index contributed by atoms with van der Waals surface area (Å²) in [6, 6.07) is 9.89. The van der Waals surface area contributed by atoms with Gasteiger partial charge in [-0.1, -0.05) is 12.1 Å². The Bertz CT molecular complexity index is 997. The van der Waals surface area contributed by atoms with Crippen LogP contribution in [-0.4, -0.2) is 34.4 Å². The Hall–Kier alpha value is -3.35. The minimum atomic E-state index is -0.390. The second-order valence-corrected chi connectivity index (χ2v) is 6.28. The molecule has 6 nitrogen and oxygen atoms in total. The molecule has 1 amide bonds. The van der Waals surface area contributed by atoms with Crippen molar-refractivity contribution in [1.29, 1.82) is 0 Å². The molecule has 0 radical (unpaired) electrons. The Labute approximate surface area is 149 Å². The predicted octanol–water partition coefficient (Wildman–Crippen LogP) is 3.17. The number of H-pyrrole nitrogens is 1. The Morgan fingerprint density at radius 3 is 2.88 bits per heavy atom. The Kier molecular flexibility index (Phi) is 3.84. The molecule has 4 rings (SSSR count). The molecule has 1 aliphatic heterocycles. The SMILES string of the molecule is CN1CCc2[nH]c(-c3ccnc(N)c3)c(Nc3ccccc3F)c2C1=O. The molecular weight excluding hydrogens is 333 g/mol. The maximum atomic E-state index is 14.2. The molecule has 26 heavy (non-hydrogen) atoms. The number of fused-ring (bicyclic) bond motifs is 1. The molecule has 3 aromatic rings. The van der Waals surface area contributed by atoms with Crippen LogP contribution in [0.1, 0.15) is 16.1 Å². The van der Waals surface area contributed by atoms with Gasteiger partial charge in [0, 0.05) is 37.5 Å². The Morgan fingerprint density at radius 2 is 2.12 bits per heavy atom. The normalized spacial score (nSPS) is 13.6. The number of carbonyl (C=O) groups excluding carboxylic acids is 1. The van der Waals surface area contributed by atoms with E-state index < -0.39 is 0 Å². The third-order valence-electron chi connectivity index (χ3n) is 4.54. The lowest BCUT2D eigenvalue weighted by Crippen LogP contribution is -2.34. The lowest BCUT2D eigenvalue weighted by molar-refractivity contribution is 0.0781. The first kappa shape index (κ1) is 16.1. The van der Waals surface area contributed by atoms with Crippen molar-refractivity contribution < 1.29 is 9.18 Å². The van der Waals surface area contributed by atoms with Gasteiger partial charge < -0.3 is 20.9 Å². The van der Waals surface area contributed by atoms with Gasteiger partial charge >= 0.3 is 0 Å². The van der Waals surface area contributed by atoms with E-state index >= 15 is 0 Å². The third kappa shape index (κ3) is 2.67. The highest BCUT2D eigenvalue weighted by molar-refractivity contribution is 6.06. The van der Waals surface area contributed by atoms with Gasteiger partial charge in [0.05, 0.1) is 22.6 Å². The van der Waals surface area contributed by atoms with Crippen molar-refractivity contribution in [2.24, 2.45) is 0 Å². The molecule has 4 N–H and O–H groups in total. The largest absolute Gasteiger partial charge is 0.384 e. The van der Waals surface area contributed by atoms with Gasteiger partial charge in [0.1, 0.15) is 11.6 Å². The summed E-state index contributed by atoms with van der Waals surface area (Å²) in [7, 11) is 1.76. The fourth-order valence-electron chi connectivity index (χ4n) is 3.19. The molecule has 132 valence electrons. The van der Waals surface area contributed by atoms with Crippen LogP contribution in [0.25, 0.3) is 11.3 Å². The van der Waals surface area contributed by atoms with Crippen LogP contribution in [0.4, 0.5) is 21.6 Å². The van der Waals surface area contributed by atoms with Crippen molar-refractivity contribution in [3.05, 3.63) is 59.7 Å². The summed E-state index contributed by atoms with van der Waals surface area (Å²) in [5.41, 5.74) is 9.50. The van der Waals surface area contributed by atoms with Crippen LogP contribution < -0.4 is 11.1 Å². The maximum Gasteiger partial charge on any atom is 0.257 e. The molecular formula is C19H18FN5O. The number of aromatic nitrogens is 2. The lowest BCUT2D eigenvalue weighted by Gasteiger charge is -2.23. The van der Waals surface area contributed by atoms with Crippen molar-refractivity contribution in [3.8, 4) is 11.3 Å². The highest BCUT2D eigenvalue weighted by Gasteiger charge is 2.30. The number of anilines is 3. The molecule has 1 aromatic carbocycles. The van der Waals surface area contributed by atoms with Gasteiger partial charge in [-0.15, -0.1) is 0 Å². The van der Waals surface area contributed by atoms with Crippen LogP contribution >= 0.6 is 0 Å². The molecule has 0 spiro atoms. The van der Waals surface area contributed by atoms with Gasteiger partial charge in [-0.2, -0.15) is 0 Å². The zero-order valence-corrected chi connectivity index (χ0v) is 14.2. The standard InChI is InChI=1S/C19H18FN5O/c1-25-9-7-14-16(19(25)26)18(23-13-5-3-2-4-12(13)20)17(24-14)11-6-8-22-15(21)10-11/h2-6,8,10,23-24H,7,9H2,1H3,(H2,21,22). The first-order chi connectivity index (χ1) is 12.5. The molecule has 2 aromatic heterocycles. The second kappa shape index (κ2) is 6.18. The van der Waals surface area contributed by atoms with E-state index in [9.17, 15) is 9.18 Å². The van der Waals surface area contributed by atoms with E-state index in [2.05, 4.69) is 15.3 Å². The fourth-order valence-corrected chi connectivity index (χ4v) is 3.19. The highest BCUT2D eigenvalue weighted by atomic mass is 19.1. The van der Waals surface area contributed by atoms with Crippen LogP contribution in [0.5, 0.6) is 0 Å². The molecule has 0 atom stereocenters. The molecule has 0 fully saturated rings. The van der Waals surface area contributed by atoms with E-state index in [-0.39, 0.29) is 11.7 Å². The molecule has 0 saturated heterocycles. The van der Waals surface area contributed by atoms with Gasteiger partial charge in [-0.05, 0) is 24.3 Å². The third-order valence-corrected chi connectivity index (χ3v) is 4.54. The fraction of sp³-hybridized carbons (Fsp3) is 0.158. The van der Waals surface area contributed by atoms with Gasteiger partial charge in [0.15, 0.2) is 0 Å². The average molecular weight is 351 g/mol. The van der Waals surface area contributed by atoms with E-state index in [1.165, 1.54) is 6.07 Å². The van der Waals surface area contributed by atoms with Gasteiger partial charge in [-0.3, -0.25) is 4.79 Å². The zero-order chi connectivity index (χ0) is 18.3. The Morgan fingerprint density at radius 1 is 1.31 bits per heavy atom. The number of hydrogen-bond donors (Lipinski definition) is 3. The van der Waals surface area contributed by atoms with E-state index in [4.69, 9.17) is 5.73 Å². The number of rotatable bonds is 3. The Balaban J connectivity index is 1.90. The summed E-state index contributed by atoms with van der Waals surface area (Å²) in [6.45, 7) is 0.628. The summed E-state index contributed by atoms with van der Waals surface area (Å²) in [4.78, 5) is 21.8. The molecule has 7 heteroatoms. The van der Waals surface area contributed by atoms with Crippen LogP contribution in [0.15, 0.2) is 42.6 Å². The number of benzene rings is 1. The summed E-state index contributed by atoms with van der Waals surface area (Å²) < 4.78 is 14.2. The minimum Gasteiger partial charge on any atom is -0.384 e. The number of nitrogens with zero attached hydrogens (tertiary/aromatic N) is 2. The van der Waals surface area contributed by atoms with Crippen molar-refractivity contribution in [1.82, 2.24) is 14.9 Å². The number of pyridine rings is 1. The van der Waals surface area contributed by atoms with Crippen molar-refractivity contribution in [2.45, 2.75) is 6.42 Å². The molecule has 3 heterocycles. The smallest absolute Gasteiger partial charge is 0.257 e. The average Bonchev–Trinajstić information content (AvgIpc) is 2.99. The molecule has 0 unspecified atom stereocenters. The number of nitrogens with one attached hydrogen (secondary N) is 2. The summed E-state index contributed by atoms with van der Waals surface area (Å²) in [6.07, 6.45) is 2.30. The number of carbonyl (C=O) groups is 1. The van der Waals surface area contributed by atoms with Crippen LogP contribution in [0, 0.1) is 5.82 Å². The molecule has 0 bridgehead atoms. The number of nitrogens with two attached hydrogens (primary N) is 1. The van der Waals surface area contributed by atoms with Crippen molar-refractivity contribution in [2.75, 3.05) is 24.6 Å². The van der Waals surface area contributed by atoms with Gasteiger partial charge in [-0.25, -0.2) is 9.37 Å². The first-order valence-electron chi connectivity index (χ1n) is 8.28. The predicted molar refractivity (Wildman–Crippen MR) is 98.8 cm³/mol. The topological polar surface area (TPSA) is 87.0 Å². The molecule has 0 aliphatic carbocycles. The van der Waals surface area contributed by atoms with Gasteiger partial charge in [0.25, 0.3) is 5.91 Å². The van der Waals surface area contributed by atoms with Crippen LogP contribution in [0.3, 0.4) is 0 Å². The van der Waals surface area contributed by atoms with E-state index in [1.54, 1.807) is 48.5 Å². The van der Waals surface area contributed by atoms with E-state index in [0.29, 0.717) is 41.4 Å². The van der Waals surface area contributed by atoms with Crippen LogP contribution in [-0.2, 0) is 6.42 Å². The number of para-hydroxylation sites is 1. The number of nitrogen functional groups attached to an aromatic ring is 1. The first-order valence-corrected chi connectivity index (χ1v) is 8.28. The number of amides is 1. The molecule has 0 saturated carbocycles. The number of aromatic amines is 1. The highest BCUT2D eigenvalue weighted by Crippen LogP contribution is 2.38. The number of hydrogen-bond acceptors (Lipinski definition) is 4. The quantitative estimate of drug-likeness (QED) is 0.676. The van der Waals surface area contributed by atoms with E-state index in [1.807, 2.05) is 0 Å². The lowest BCUT2D eigenvalue weighted by atomic mass is 10.0. The van der Waals surface area contributed by atoms with Crippen LogP contribution in [0.2, 0.25) is 0 Å². The number of likely N-dealkylation sites (N-methyl/N-ethyl adjacent to an activating group) is 1. The molecule has 1 aliphatic rings. The van der Waals surface area contributed by atoms with Crippen molar-refractivity contribution in [3.63, 3.8) is 0 Å². The van der Waals surface area contributed by atoms with Gasteiger partial charge in [0.2, 0.25) is 0 Å².